The first-order valence-corrected chi connectivity index (χ1v) is 4.08. The summed E-state index contributed by atoms with van der Waals surface area (Å²) in [6, 6.07) is -1.06. The van der Waals surface area contributed by atoms with Crippen LogP contribution < -0.4 is 17.2 Å². The summed E-state index contributed by atoms with van der Waals surface area (Å²) in [6.07, 6.45) is -0.848. The zero-order valence-corrected chi connectivity index (χ0v) is 9.89. The zero-order chi connectivity index (χ0) is 10.1. The number of aliphatic hydroxyl groups excluding tert-OH is 1. The smallest absolute Gasteiger partial charge is 0.168 e. The van der Waals surface area contributed by atoms with Gasteiger partial charge in [0.1, 0.15) is 0 Å². The molecular formula is C7H22BrN3O2. The number of aliphatic hydroxyl groups is 2. The largest absolute Gasteiger partial charge is 0.367 e. The third-order valence-electron chi connectivity index (χ3n) is 1.31. The summed E-state index contributed by atoms with van der Waals surface area (Å²) in [5.74, 6) is 0. The molecule has 0 aliphatic rings. The molecule has 84 valence electrons. The molecule has 0 saturated carbocycles. The van der Waals surface area contributed by atoms with E-state index in [1.54, 1.807) is 0 Å². The van der Waals surface area contributed by atoms with Gasteiger partial charge >= 0.3 is 0 Å². The standard InChI is InChI=1S/C5H14N2O2.C2H7N.BrH/c1-2-3(6)4(7)5(8)9;1-2-3;/h3-5,8-9H,2,6-7H2,1H3;2-3H2,1H3;1H. The van der Waals surface area contributed by atoms with Gasteiger partial charge in [-0.05, 0) is 13.0 Å². The van der Waals surface area contributed by atoms with Crippen molar-refractivity contribution in [2.75, 3.05) is 6.54 Å². The second kappa shape index (κ2) is 12.3. The second-order valence-corrected chi connectivity index (χ2v) is 2.47. The number of halogens is 1. The van der Waals surface area contributed by atoms with Gasteiger partial charge in [-0.25, -0.2) is 0 Å². The average molecular weight is 260 g/mol. The summed E-state index contributed by atoms with van der Waals surface area (Å²) in [6.45, 7) is 4.49. The Hall–Kier alpha value is 0.280. The molecular weight excluding hydrogens is 238 g/mol. The lowest BCUT2D eigenvalue weighted by Gasteiger charge is -2.19. The lowest BCUT2D eigenvalue weighted by Crippen LogP contribution is -2.48. The van der Waals surface area contributed by atoms with Crippen LogP contribution in [0.4, 0.5) is 0 Å². The predicted octanol–water partition coefficient (Wildman–Crippen LogP) is -1.10. The molecule has 8 N–H and O–H groups in total. The minimum Gasteiger partial charge on any atom is -0.367 e. The van der Waals surface area contributed by atoms with Gasteiger partial charge < -0.3 is 27.4 Å². The van der Waals surface area contributed by atoms with Gasteiger partial charge in [0, 0.05) is 6.04 Å². The Bertz CT molecular complexity index is 95.8. The molecule has 0 aliphatic heterocycles. The molecule has 0 heterocycles. The van der Waals surface area contributed by atoms with Crippen LogP contribution in [0.3, 0.4) is 0 Å². The van der Waals surface area contributed by atoms with Gasteiger partial charge in [-0.2, -0.15) is 0 Å². The maximum absolute atomic E-state index is 8.47. The molecule has 0 amide bonds. The number of hydrogen-bond donors (Lipinski definition) is 5. The molecule has 0 bridgehead atoms. The van der Waals surface area contributed by atoms with E-state index >= 15 is 0 Å². The first-order chi connectivity index (χ1) is 5.51. The van der Waals surface area contributed by atoms with Crippen LogP contribution in [0.1, 0.15) is 20.3 Å². The van der Waals surface area contributed by atoms with Crippen molar-refractivity contribution in [3.05, 3.63) is 0 Å². The third-order valence-corrected chi connectivity index (χ3v) is 1.31. The minimum absolute atomic E-state index is 0. The SMILES string of the molecule is Br.CCC(N)C(N)C(O)O.CCN. The number of rotatable bonds is 3. The normalized spacial score (nSPS) is 13.8. The molecule has 6 heteroatoms. The predicted molar refractivity (Wildman–Crippen MR) is 59.5 cm³/mol. The van der Waals surface area contributed by atoms with E-state index in [1.807, 2.05) is 13.8 Å². The second-order valence-electron chi connectivity index (χ2n) is 2.47. The van der Waals surface area contributed by atoms with Crippen molar-refractivity contribution in [2.24, 2.45) is 17.2 Å². The van der Waals surface area contributed by atoms with Gasteiger partial charge in [0.05, 0.1) is 6.04 Å². The maximum atomic E-state index is 8.47. The van der Waals surface area contributed by atoms with Gasteiger partial charge in [0.25, 0.3) is 0 Å². The Kier molecular flexibility index (Phi) is 17.9. The van der Waals surface area contributed by atoms with Crippen molar-refractivity contribution in [3.8, 4) is 0 Å². The molecule has 0 spiro atoms. The van der Waals surface area contributed by atoms with Gasteiger partial charge in [0.15, 0.2) is 6.29 Å². The summed E-state index contributed by atoms with van der Waals surface area (Å²) in [5.41, 5.74) is 15.5. The van der Waals surface area contributed by atoms with Crippen molar-refractivity contribution in [1.29, 1.82) is 0 Å². The van der Waals surface area contributed by atoms with Crippen molar-refractivity contribution in [2.45, 2.75) is 38.6 Å². The Morgan fingerprint density at radius 2 is 1.46 bits per heavy atom. The molecule has 2 unspecified atom stereocenters. The Morgan fingerprint density at radius 3 is 1.54 bits per heavy atom. The fourth-order valence-corrected chi connectivity index (χ4v) is 0.493. The minimum atomic E-state index is -1.50. The fraction of sp³-hybridized carbons (Fsp3) is 1.00. The third kappa shape index (κ3) is 12.3. The van der Waals surface area contributed by atoms with E-state index in [2.05, 4.69) is 0 Å². The Balaban J connectivity index is -0.000000220. The summed E-state index contributed by atoms with van der Waals surface area (Å²) in [4.78, 5) is 0. The first kappa shape index (κ1) is 18.9. The summed E-state index contributed by atoms with van der Waals surface area (Å²) >= 11 is 0. The summed E-state index contributed by atoms with van der Waals surface area (Å²) in [7, 11) is 0. The highest BCUT2D eigenvalue weighted by Crippen LogP contribution is 1.94. The van der Waals surface area contributed by atoms with Gasteiger partial charge in [-0.1, -0.05) is 13.8 Å². The number of nitrogens with two attached hydrogens (primary N) is 3. The van der Waals surface area contributed by atoms with Crippen LogP contribution in [0.25, 0.3) is 0 Å². The zero-order valence-electron chi connectivity index (χ0n) is 8.18. The van der Waals surface area contributed by atoms with Crippen LogP contribution >= 0.6 is 17.0 Å². The lowest BCUT2D eigenvalue weighted by molar-refractivity contribution is -0.0632. The number of hydrogen-bond acceptors (Lipinski definition) is 5. The highest BCUT2D eigenvalue weighted by molar-refractivity contribution is 8.93. The summed E-state index contributed by atoms with van der Waals surface area (Å²) < 4.78 is 0. The quantitative estimate of drug-likeness (QED) is 0.413. The van der Waals surface area contributed by atoms with Crippen LogP contribution in [0.5, 0.6) is 0 Å². The van der Waals surface area contributed by atoms with E-state index in [0.29, 0.717) is 6.42 Å². The van der Waals surface area contributed by atoms with Crippen LogP contribution in [0, 0.1) is 0 Å². The van der Waals surface area contributed by atoms with E-state index in [-0.39, 0.29) is 23.0 Å². The van der Waals surface area contributed by atoms with E-state index < -0.39 is 12.3 Å². The van der Waals surface area contributed by atoms with Gasteiger partial charge in [-0.3, -0.25) is 0 Å². The molecule has 0 aromatic heterocycles. The maximum Gasteiger partial charge on any atom is 0.168 e. The van der Waals surface area contributed by atoms with E-state index in [1.165, 1.54) is 0 Å². The van der Waals surface area contributed by atoms with Crippen LogP contribution in [0.15, 0.2) is 0 Å². The highest BCUT2D eigenvalue weighted by atomic mass is 79.9. The van der Waals surface area contributed by atoms with Crippen LogP contribution in [-0.4, -0.2) is 35.1 Å². The van der Waals surface area contributed by atoms with E-state index in [4.69, 9.17) is 27.4 Å². The molecule has 0 saturated heterocycles. The lowest BCUT2D eigenvalue weighted by atomic mass is 10.1. The van der Waals surface area contributed by atoms with E-state index in [0.717, 1.165) is 6.54 Å². The highest BCUT2D eigenvalue weighted by Gasteiger charge is 2.17. The monoisotopic (exact) mass is 259 g/mol. The Morgan fingerprint density at radius 1 is 1.15 bits per heavy atom. The molecule has 2 atom stereocenters. The van der Waals surface area contributed by atoms with Crippen molar-refractivity contribution >= 4 is 17.0 Å². The first-order valence-electron chi connectivity index (χ1n) is 4.08. The molecule has 0 aromatic carbocycles. The fourth-order valence-electron chi connectivity index (χ4n) is 0.493. The van der Waals surface area contributed by atoms with Crippen LogP contribution in [0.2, 0.25) is 0 Å². The molecule has 5 nitrogen and oxygen atoms in total. The van der Waals surface area contributed by atoms with Gasteiger partial charge in [-0.15, -0.1) is 17.0 Å². The molecule has 0 radical (unpaired) electrons. The van der Waals surface area contributed by atoms with Crippen molar-refractivity contribution in [1.82, 2.24) is 0 Å². The molecule has 0 fully saturated rings. The molecule has 13 heavy (non-hydrogen) atoms. The average Bonchev–Trinajstić information content (AvgIpc) is 2.03. The van der Waals surface area contributed by atoms with Crippen molar-refractivity contribution < 1.29 is 10.2 Å². The summed E-state index contributed by atoms with van der Waals surface area (Å²) in [5, 5.41) is 16.9. The van der Waals surface area contributed by atoms with Gasteiger partial charge in [0.2, 0.25) is 0 Å². The molecule has 0 rings (SSSR count). The van der Waals surface area contributed by atoms with Crippen LogP contribution in [-0.2, 0) is 0 Å². The molecule has 0 aliphatic carbocycles. The van der Waals surface area contributed by atoms with Crippen molar-refractivity contribution in [3.63, 3.8) is 0 Å². The topological polar surface area (TPSA) is 119 Å². The Labute approximate surface area is 90.1 Å². The van der Waals surface area contributed by atoms with E-state index in [9.17, 15) is 0 Å². The molecule has 0 aromatic rings.